The average Bonchev–Trinajstić information content (AvgIpc) is 2.51. The Morgan fingerprint density at radius 3 is 2.59 bits per heavy atom. The molecule has 3 nitrogen and oxygen atoms in total. The fourth-order valence-electron chi connectivity index (χ4n) is 2.90. The van der Waals surface area contributed by atoms with Crippen LogP contribution in [-0.2, 0) is 11.2 Å². The molecule has 2 rings (SSSR count). The van der Waals surface area contributed by atoms with E-state index in [1.807, 2.05) is 30.0 Å². The molecule has 1 amide bonds. The molecule has 1 saturated heterocycles. The van der Waals surface area contributed by atoms with Crippen LogP contribution in [0.1, 0.15) is 31.7 Å². The zero-order valence-corrected chi connectivity index (χ0v) is 14.5. The van der Waals surface area contributed by atoms with E-state index in [0.717, 1.165) is 32.4 Å². The molecule has 22 heavy (non-hydrogen) atoms. The first-order valence-corrected chi connectivity index (χ1v) is 8.67. The second-order valence-corrected chi connectivity index (χ2v) is 7.14. The van der Waals surface area contributed by atoms with Crippen LogP contribution in [0.2, 0.25) is 10.0 Å². The monoisotopic (exact) mass is 342 g/mol. The third kappa shape index (κ3) is 4.87. The van der Waals surface area contributed by atoms with E-state index in [4.69, 9.17) is 28.9 Å². The molecule has 0 saturated carbocycles. The Balaban J connectivity index is 1.81. The number of benzene rings is 1. The maximum Gasteiger partial charge on any atom is 0.222 e. The predicted octanol–water partition coefficient (Wildman–Crippen LogP) is 3.76. The summed E-state index contributed by atoms with van der Waals surface area (Å²) in [6.45, 7) is 4.29. The number of likely N-dealkylation sites (tertiary alicyclic amines) is 1. The second kappa shape index (κ2) is 8.19. The van der Waals surface area contributed by atoms with Gasteiger partial charge in [-0.3, -0.25) is 4.79 Å². The van der Waals surface area contributed by atoms with Crippen LogP contribution in [0.5, 0.6) is 0 Å². The topological polar surface area (TPSA) is 46.3 Å². The van der Waals surface area contributed by atoms with Crippen LogP contribution in [0.4, 0.5) is 0 Å². The highest BCUT2D eigenvalue weighted by atomic mass is 35.5. The number of carbonyl (C=O) groups is 1. The number of piperidine rings is 1. The van der Waals surface area contributed by atoms with Gasteiger partial charge in [0.05, 0.1) is 10.0 Å². The number of nitrogens with zero attached hydrogens (tertiary/aromatic N) is 1. The molecule has 1 atom stereocenters. The van der Waals surface area contributed by atoms with Gasteiger partial charge in [-0.25, -0.2) is 0 Å². The lowest BCUT2D eigenvalue weighted by Gasteiger charge is -2.32. The SMILES string of the molecule is C[C@H](CN)CC(=O)N1CCC(Cc2ccc(Cl)c(Cl)c2)CC1. The van der Waals surface area contributed by atoms with Crippen LogP contribution in [-0.4, -0.2) is 30.4 Å². The minimum Gasteiger partial charge on any atom is -0.343 e. The highest BCUT2D eigenvalue weighted by molar-refractivity contribution is 6.42. The van der Waals surface area contributed by atoms with Gasteiger partial charge in [-0.2, -0.15) is 0 Å². The minimum atomic E-state index is 0.242. The molecule has 0 aromatic heterocycles. The number of hydrogen-bond donors (Lipinski definition) is 1. The van der Waals surface area contributed by atoms with E-state index in [2.05, 4.69) is 0 Å². The summed E-state index contributed by atoms with van der Waals surface area (Å²) in [5, 5.41) is 1.21. The fourth-order valence-corrected chi connectivity index (χ4v) is 3.22. The maximum absolute atomic E-state index is 12.2. The number of amides is 1. The number of halogens is 2. The first kappa shape index (κ1) is 17.6. The van der Waals surface area contributed by atoms with Gasteiger partial charge in [0.2, 0.25) is 5.91 Å². The smallest absolute Gasteiger partial charge is 0.222 e. The Bertz CT molecular complexity index is 513. The van der Waals surface area contributed by atoms with Gasteiger partial charge >= 0.3 is 0 Å². The van der Waals surface area contributed by atoms with Crippen molar-refractivity contribution in [2.45, 2.75) is 32.6 Å². The first-order chi connectivity index (χ1) is 10.5. The largest absolute Gasteiger partial charge is 0.343 e. The van der Waals surface area contributed by atoms with Crippen LogP contribution in [0.3, 0.4) is 0 Å². The van der Waals surface area contributed by atoms with Crippen molar-refractivity contribution in [2.75, 3.05) is 19.6 Å². The summed E-state index contributed by atoms with van der Waals surface area (Å²) in [5.74, 6) is 1.11. The Morgan fingerprint density at radius 1 is 1.32 bits per heavy atom. The molecule has 1 heterocycles. The lowest BCUT2D eigenvalue weighted by atomic mass is 9.90. The van der Waals surface area contributed by atoms with Gasteiger partial charge in [-0.1, -0.05) is 36.2 Å². The molecule has 2 N–H and O–H groups in total. The summed E-state index contributed by atoms with van der Waals surface area (Å²) in [4.78, 5) is 14.1. The molecular weight excluding hydrogens is 319 g/mol. The molecular formula is C17H24Cl2N2O. The zero-order chi connectivity index (χ0) is 16.1. The number of rotatable bonds is 5. The zero-order valence-electron chi connectivity index (χ0n) is 13.0. The van der Waals surface area contributed by atoms with E-state index < -0.39 is 0 Å². The first-order valence-electron chi connectivity index (χ1n) is 7.91. The molecule has 0 aliphatic carbocycles. The molecule has 1 aliphatic rings. The van der Waals surface area contributed by atoms with Crippen molar-refractivity contribution in [1.82, 2.24) is 4.90 Å². The van der Waals surface area contributed by atoms with Gasteiger partial charge in [-0.05, 0) is 55.3 Å². The van der Waals surface area contributed by atoms with Crippen molar-refractivity contribution in [2.24, 2.45) is 17.6 Å². The summed E-state index contributed by atoms with van der Waals surface area (Å²) in [6, 6.07) is 5.84. The van der Waals surface area contributed by atoms with E-state index in [0.29, 0.717) is 28.9 Å². The highest BCUT2D eigenvalue weighted by Crippen LogP contribution is 2.27. The molecule has 5 heteroatoms. The normalized spacial score (nSPS) is 17.5. The summed E-state index contributed by atoms with van der Waals surface area (Å²) in [6.07, 6.45) is 3.65. The van der Waals surface area contributed by atoms with E-state index in [1.54, 1.807) is 0 Å². The molecule has 0 spiro atoms. The van der Waals surface area contributed by atoms with Gasteiger partial charge < -0.3 is 10.6 Å². The van der Waals surface area contributed by atoms with E-state index in [9.17, 15) is 4.79 Å². The molecule has 0 unspecified atom stereocenters. The fraction of sp³-hybridized carbons (Fsp3) is 0.588. The Hall–Kier alpha value is -0.770. The number of carbonyl (C=O) groups excluding carboxylic acids is 1. The lowest BCUT2D eigenvalue weighted by molar-refractivity contribution is -0.133. The van der Waals surface area contributed by atoms with Crippen LogP contribution < -0.4 is 5.73 Å². The van der Waals surface area contributed by atoms with Gasteiger partial charge in [0.15, 0.2) is 0 Å². The number of hydrogen-bond acceptors (Lipinski definition) is 2. The van der Waals surface area contributed by atoms with E-state index in [-0.39, 0.29) is 11.8 Å². The van der Waals surface area contributed by atoms with Crippen LogP contribution in [0.25, 0.3) is 0 Å². The lowest BCUT2D eigenvalue weighted by Crippen LogP contribution is -2.39. The van der Waals surface area contributed by atoms with Crippen molar-refractivity contribution in [1.29, 1.82) is 0 Å². The highest BCUT2D eigenvalue weighted by Gasteiger charge is 2.23. The van der Waals surface area contributed by atoms with Crippen LogP contribution in [0.15, 0.2) is 18.2 Å². The van der Waals surface area contributed by atoms with Gasteiger partial charge in [0.25, 0.3) is 0 Å². The quantitative estimate of drug-likeness (QED) is 0.885. The third-order valence-electron chi connectivity index (χ3n) is 4.40. The Kier molecular flexibility index (Phi) is 6.54. The standard InChI is InChI=1S/C17H24Cl2N2O/c1-12(11-20)8-17(22)21-6-4-13(5-7-21)9-14-2-3-15(18)16(19)10-14/h2-3,10,12-13H,4-9,11,20H2,1H3/t12-/m0/s1. The van der Waals surface area contributed by atoms with Crippen LogP contribution in [0, 0.1) is 11.8 Å². The molecule has 1 aromatic carbocycles. The van der Waals surface area contributed by atoms with Crippen molar-refractivity contribution in [3.63, 3.8) is 0 Å². The molecule has 1 aliphatic heterocycles. The molecule has 122 valence electrons. The summed E-state index contributed by atoms with van der Waals surface area (Å²) in [7, 11) is 0. The van der Waals surface area contributed by atoms with Crippen molar-refractivity contribution < 1.29 is 4.79 Å². The van der Waals surface area contributed by atoms with Gasteiger partial charge in [0.1, 0.15) is 0 Å². The van der Waals surface area contributed by atoms with Gasteiger partial charge in [-0.15, -0.1) is 0 Å². The summed E-state index contributed by atoms with van der Waals surface area (Å²) in [5.41, 5.74) is 6.81. The second-order valence-electron chi connectivity index (χ2n) is 6.32. The average molecular weight is 343 g/mol. The van der Waals surface area contributed by atoms with Crippen LogP contribution >= 0.6 is 23.2 Å². The van der Waals surface area contributed by atoms with Gasteiger partial charge in [0, 0.05) is 19.5 Å². The maximum atomic E-state index is 12.2. The molecule has 0 radical (unpaired) electrons. The van der Waals surface area contributed by atoms with Crippen molar-refractivity contribution >= 4 is 29.1 Å². The van der Waals surface area contributed by atoms with Crippen molar-refractivity contribution in [3.05, 3.63) is 33.8 Å². The molecule has 1 fully saturated rings. The van der Waals surface area contributed by atoms with Crippen molar-refractivity contribution in [3.8, 4) is 0 Å². The molecule has 1 aromatic rings. The Labute approximate surface area is 142 Å². The number of nitrogens with two attached hydrogens (primary N) is 1. The molecule has 0 bridgehead atoms. The third-order valence-corrected chi connectivity index (χ3v) is 5.14. The van der Waals surface area contributed by atoms with E-state index >= 15 is 0 Å². The predicted molar refractivity (Wildman–Crippen MR) is 92.3 cm³/mol. The summed E-state index contributed by atoms with van der Waals surface area (Å²) < 4.78 is 0. The minimum absolute atomic E-state index is 0.242. The van der Waals surface area contributed by atoms with E-state index in [1.165, 1.54) is 5.56 Å². The Morgan fingerprint density at radius 2 is 2.00 bits per heavy atom. The summed E-state index contributed by atoms with van der Waals surface area (Å²) >= 11 is 12.0.